The Morgan fingerprint density at radius 3 is 2.33 bits per heavy atom. The van der Waals surface area contributed by atoms with E-state index in [0.29, 0.717) is 5.69 Å². The van der Waals surface area contributed by atoms with E-state index in [0.717, 1.165) is 5.56 Å². The van der Waals surface area contributed by atoms with Crippen molar-refractivity contribution in [1.82, 2.24) is 0 Å². The molecule has 1 aromatic carbocycles. The molecule has 1 unspecified atom stereocenters. The van der Waals surface area contributed by atoms with Gasteiger partial charge in [-0.15, -0.1) is 0 Å². The van der Waals surface area contributed by atoms with Crippen molar-refractivity contribution in [2.45, 2.75) is 52.2 Å². The zero-order valence-corrected chi connectivity index (χ0v) is 13.0. The smallest absolute Gasteiger partial charge is 0.412 e. The molecule has 118 valence electrons. The third-order valence-corrected chi connectivity index (χ3v) is 2.95. The molecule has 0 fully saturated rings. The Morgan fingerprint density at radius 2 is 1.86 bits per heavy atom. The zero-order chi connectivity index (χ0) is 16.4. The van der Waals surface area contributed by atoms with Crippen LogP contribution >= 0.6 is 0 Å². The Bertz CT molecular complexity index is 523. The maximum absolute atomic E-state index is 13.0. The van der Waals surface area contributed by atoms with Crippen molar-refractivity contribution in [3.05, 3.63) is 29.3 Å². The summed E-state index contributed by atoms with van der Waals surface area (Å²) in [6, 6.07) is 4.61. The van der Waals surface area contributed by atoms with Gasteiger partial charge in [0.2, 0.25) is 0 Å². The highest BCUT2D eigenvalue weighted by molar-refractivity contribution is 5.86. The highest BCUT2D eigenvalue weighted by Gasteiger charge is 2.32. The molecule has 1 amide bonds. The summed E-state index contributed by atoms with van der Waals surface area (Å²) in [5.74, 6) is 0. The van der Waals surface area contributed by atoms with Crippen LogP contribution in [0.15, 0.2) is 18.2 Å². The number of benzene rings is 1. The van der Waals surface area contributed by atoms with Gasteiger partial charge in [-0.05, 0) is 51.8 Å². The van der Waals surface area contributed by atoms with Gasteiger partial charge in [-0.1, -0.05) is 12.1 Å². The molecule has 1 rings (SSSR count). The molecule has 0 saturated carbocycles. The van der Waals surface area contributed by atoms with Gasteiger partial charge in [-0.25, -0.2) is 13.6 Å². The van der Waals surface area contributed by atoms with E-state index in [4.69, 9.17) is 10.5 Å². The van der Waals surface area contributed by atoms with Crippen molar-refractivity contribution in [2.75, 3.05) is 5.32 Å². The first-order chi connectivity index (χ1) is 9.43. The number of carbonyl (C=O) groups is 1. The average Bonchev–Trinajstić information content (AvgIpc) is 2.29. The van der Waals surface area contributed by atoms with E-state index in [1.807, 2.05) is 0 Å². The lowest BCUT2D eigenvalue weighted by molar-refractivity contribution is 0.0625. The number of anilines is 1. The summed E-state index contributed by atoms with van der Waals surface area (Å²) >= 11 is 0. The first-order valence-corrected chi connectivity index (χ1v) is 6.61. The van der Waals surface area contributed by atoms with Crippen LogP contribution in [0.25, 0.3) is 0 Å². The summed E-state index contributed by atoms with van der Waals surface area (Å²) in [5.41, 5.74) is 4.60. The van der Waals surface area contributed by atoms with Crippen LogP contribution in [0.5, 0.6) is 0 Å². The number of hydrogen-bond acceptors (Lipinski definition) is 3. The summed E-state index contributed by atoms with van der Waals surface area (Å²) in [6.07, 6.45) is -3.35. The van der Waals surface area contributed by atoms with Crippen LogP contribution in [0.3, 0.4) is 0 Å². The lowest BCUT2D eigenvalue weighted by atomic mass is 9.92. The van der Waals surface area contributed by atoms with E-state index in [9.17, 15) is 13.6 Å². The molecule has 0 spiro atoms. The van der Waals surface area contributed by atoms with E-state index < -0.39 is 23.7 Å². The van der Waals surface area contributed by atoms with Crippen LogP contribution in [0.1, 0.15) is 38.8 Å². The van der Waals surface area contributed by atoms with Crippen molar-refractivity contribution in [2.24, 2.45) is 5.73 Å². The number of halogens is 2. The molecule has 0 heterocycles. The number of aryl methyl sites for hydroxylation is 1. The monoisotopic (exact) mass is 300 g/mol. The third kappa shape index (κ3) is 4.67. The molecule has 21 heavy (non-hydrogen) atoms. The van der Waals surface area contributed by atoms with E-state index in [2.05, 4.69) is 5.32 Å². The Balaban J connectivity index is 3.01. The average molecular weight is 300 g/mol. The number of alkyl halides is 2. The summed E-state index contributed by atoms with van der Waals surface area (Å²) in [4.78, 5) is 11.8. The van der Waals surface area contributed by atoms with Crippen LogP contribution in [0, 0.1) is 6.92 Å². The molecule has 0 aliphatic heterocycles. The second kappa shape index (κ2) is 5.97. The topological polar surface area (TPSA) is 64.3 Å². The van der Waals surface area contributed by atoms with E-state index in [-0.39, 0.29) is 5.56 Å². The highest BCUT2D eigenvalue weighted by atomic mass is 19.3. The van der Waals surface area contributed by atoms with Gasteiger partial charge in [0, 0.05) is 5.69 Å². The van der Waals surface area contributed by atoms with Gasteiger partial charge in [0.05, 0.1) is 5.54 Å². The lowest BCUT2D eigenvalue weighted by Crippen LogP contribution is -2.40. The number of ether oxygens (including phenoxy) is 1. The van der Waals surface area contributed by atoms with Crippen molar-refractivity contribution in [1.29, 1.82) is 0 Å². The molecular weight excluding hydrogens is 278 g/mol. The molecule has 0 aliphatic rings. The largest absolute Gasteiger partial charge is 0.444 e. The molecule has 0 radical (unpaired) electrons. The van der Waals surface area contributed by atoms with Crippen molar-refractivity contribution in [3.8, 4) is 0 Å². The summed E-state index contributed by atoms with van der Waals surface area (Å²) < 4.78 is 31.1. The Kier molecular flexibility index (Phi) is 4.94. The molecule has 3 N–H and O–H groups in total. The van der Waals surface area contributed by atoms with Gasteiger partial charge in [-0.2, -0.15) is 0 Å². The Labute approximate surface area is 123 Å². The summed E-state index contributed by atoms with van der Waals surface area (Å²) in [5, 5.41) is 2.56. The van der Waals surface area contributed by atoms with Crippen molar-refractivity contribution < 1.29 is 18.3 Å². The maximum Gasteiger partial charge on any atom is 0.412 e. The number of amides is 1. The fourth-order valence-corrected chi connectivity index (χ4v) is 1.63. The van der Waals surface area contributed by atoms with Gasteiger partial charge in [-0.3, -0.25) is 5.32 Å². The van der Waals surface area contributed by atoms with E-state index >= 15 is 0 Å². The Morgan fingerprint density at radius 1 is 1.29 bits per heavy atom. The standard InChI is InChI=1S/C15H22F2N2O2/c1-9-6-7-10(15(5,18)12(16)17)8-11(9)19-13(20)21-14(2,3)4/h6-8,12H,18H2,1-5H3,(H,19,20). The first kappa shape index (κ1) is 17.4. The molecule has 1 atom stereocenters. The molecular formula is C15H22F2N2O2. The van der Waals surface area contributed by atoms with Crippen molar-refractivity contribution in [3.63, 3.8) is 0 Å². The third-order valence-electron chi connectivity index (χ3n) is 2.95. The van der Waals surface area contributed by atoms with Gasteiger partial charge < -0.3 is 10.5 Å². The Hall–Kier alpha value is -1.69. The number of rotatable bonds is 3. The van der Waals surface area contributed by atoms with Crippen LogP contribution in [-0.4, -0.2) is 18.1 Å². The molecule has 0 bridgehead atoms. The quantitative estimate of drug-likeness (QED) is 0.893. The minimum atomic E-state index is -2.71. The van der Waals surface area contributed by atoms with E-state index in [1.54, 1.807) is 33.8 Å². The second-order valence-corrected chi connectivity index (χ2v) is 6.24. The summed E-state index contributed by atoms with van der Waals surface area (Å²) in [6.45, 7) is 8.23. The second-order valence-electron chi connectivity index (χ2n) is 6.24. The maximum atomic E-state index is 13.0. The number of nitrogens with two attached hydrogens (primary N) is 1. The van der Waals surface area contributed by atoms with E-state index in [1.165, 1.54) is 19.1 Å². The van der Waals surface area contributed by atoms with Gasteiger partial charge in [0.1, 0.15) is 5.60 Å². The van der Waals surface area contributed by atoms with Crippen LogP contribution in [-0.2, 0) is 10.3 Å². The van der Waals surface area contributed by atoms with Crippen LogP contribution in [0.2, 0.25) is 0 Å². The number of carbonyl (C=O) groups excluding carboxylic acids is 1. The number of hydrogen-bond donors (Lipinski definition) is 2. The molecule has 4 nitrogen and oxygen atoms in total. The SMILES string of the molecule is Cc1ccc(C(C)(N)C(F)F)cc1NC(=O)OC(C)(C)C. The van der Waals surface area contributed by atoms with Crippen molar-refractivity contribution >= 4 is 11.8 Å². The normalized spacial score (nSPS) is 14.7. The van der Waals surface area contributed by atoms with Gasteiger partial charge in [0.15, 0.2) is 0 Å². The predicted molar refractivity (Wildman–Crippen MR) is 78.6 cm³/mol. The minimum absolute atomic E-state index is 0.245. The fraction of sp³-hybridized carbons (Fsp3) is 0.533. The molecule has 0 aromatic heterocycles. The molecule has 0 aliphatic carbocycles. The molecule has 6 heteroatoms. The fourth-order valence-electron chi connectivity index (χ4n) is 1.63. The minimum Gasteiger partial charge on any atom is -0.444 e. The number of nitrogens with one attached hydrogen (secondary N) is 1. The van der Waals surface area contributed by atoms with Crippen LogP contribution < -0.4 is 11.1 Å². The van der Waals surface area contributed by atoms with Crippen LogP contribution in [0.4, 0.5) is 19.3 Å². The highest BCUT2D eigenvalue weighted by Crippen LogP contribution is 2.29. The van der Waals surface area contributed by atoms with Gasteiger partial charge >= 0.3 is 6.09 Å². The molecule has 1 aromatic rings. The predicted octanol–water partition coefficient (Wildman–Crippen LogP) is 3.78. The summed E-state index contributed by atoms with van der Waals surface area (Å²) in [7, 11) is 0. The molecule has 0 saturated heterocycles. The van der Waals surface area contributed by atoms with Gasteiger partial charge in [0.25, 0.3) is 6.43 Å². The first-order valence-electron chi connectivity index (χ1n) is 6.61. The zero-order valence-electron chi connectivity index (χ0n) is 13.0. The lowest BCUT2D eigenvalue weighted by Gasteiger charge is -2.25.